The van der Waals surface area contributed by atoms with E-state index in [1.54, 1.807) is 6.26 Å². The number of nitrogens with one attached hydrogen (secondary N) is 1. The van der Waals surface area contributed by atoms with Crippen LogP contribution in [0.1, 0.15) is 39.0 Å². The van der Waals surface area contributed by atoms with Gasteiger partial charge in [-0.05, 0) is 18.0 Å². The minimum atomic E-state index is 0.00970. The largest absolute Gasteiger partial charge is 0.417 e. The van der Waals surface area contributed by atoms with E-state index in [1.807, 2.05) is 18.2 Å². The van der Waals surface area contributed by atoms with Gasteiger partial charge in [-0.25, -0.2) is 0 Å². The summed E-state index contributed by atoms with van der Waals surface area (Å²) in [5, 5.41) is 3.20. The zero-order valence-corrected chi connectivity index (χ0v) is 12.6. The molecule has 0 radical (unpaired) electrons. The first-order chi connectivity index (χ1) is 9.50. The van der Waals surface area contributed by atoms with Gasteiger partial charge in [0.25, 0.3) is 0 Å². The van der Waals surface area contributed by atoms with Crippen LogP contribution >= 0.6 is 0 Å². The molecule has 0 spiro atoms. The van der Waals surface area contributed by atoms with Crippen LogP contribution in [0.4, 0.5) is 0 Å². The van der Waals surface area contributed by atoms with Crippen molar-refractivity contribution in [2.45, 2.75) is 39.7 Å². The highest BCUT2D eigenvalue weighted by Gasteiger charge is 2.19. The summed E-state index contributed by atoms with van der Waals surface area (Å²) in [6.45, 7) is 10.1. The molecule has 0 saturated heterocycles. The summed E-state index contributed by atoms with van der Waals surface area (Å²) >= 11 is 0. The summed E-state index contributed by atoms with van der Waals surface area (Å²) in [5.41, 5.74) is 1.98. The molecule has 0 atom stereocenters. The molecule has 0 unspecified atom stereocenters. The smallest absolute Gasteiger partial charge is 0.399 e. The number of nitrogens with zero attached hydrogens (tertiary/aromatic N) is 1. The molecule has 0 saturated carbocycles. The van der Waals surface area contributed by atoms with Gasteiger partial charge in [-0.2, -0.15) is 4.98 Å². The Balaban J connectivity index is 2.16. The second-order valence-corrected chi connectivity index (χ2v) is 5.73. The van der Waals surface area contributed by atoms with E-state index in [0.717, 1.165) is 23.6 Å². The van der Waals surface area contributed by atoms with Crippen LogP contribution in [0, 0.1) is 0 Å². The van der Waals surface area contributed by atoms with E-state index in [4.69, 9.17) is 9.15 Å². The third-order valence-electron chi connectivity index (χ3n) is 2.98. The summed E-state index contributed by atoms with van der Waals surface area (Å²) in [6, 6.07) is 7.97. The second kappa shape index (κ2) is 6.09. The molecule has 108 valence electrons. The zero-order valence-electron chi connectivity index (χ0n) is 12.6. The minimum absolute atomic E-state index is 0.00970. The predicted molar refractivity (Wildman–Crippen MR) is 79.1 cm³/mol. The van der Waals surface area contributed by atoms with Gasteiger partial charge in [-0.1, -0.05) is 45.9 Å². The highest BCUT2D eigenvalue weighted by molar-refractivity contribution is 5.39. The van der Waals surface area contributed by atoms with Crippen molar-refractivity contribution in [2.75, 3.05) is 6.54 Å². The molecule has 4 nitrogen and oxygen atoms in total. The quantitative estimate of drug-likeness (QED) is 0.899. The number of ether oxygens (including phenoxy) is 1. The van der Waals surface area contributed by atoms with Gasteiger partial charge >= 0.3 is 6.08 Å². The maximum atomic E-state index is 5.79. The van der Waals surface area contributed by atoms with E-state index in [-0.39, 0.29) is 11.5 Å². The van der Waals surface area contributed by atoms with Crippen molar-refractivity contribution < 1.29 is 9.15 Å². The van der Waals surface area contributed by atoms with Crippen LogP contribution in [-0.4, -0.2) is 11.5 Å². The molecular formula is C16H22N2O2. The van der Waals surface area contributed by atoms with Gasteiger partial charge in [0.1, 0.15) is 12.0 Å². The number of oxazole rings is 1. The van der Waals surface area contributed by atoms with Crippen molar-refractivity contribution >= 4 is 0 Å². The van der Waals surface area contributed by atoms with Gasteiger partial charge in [0.2, 0.25) is 0 Å². The van der Waals surface area contributed by atoms with E-state index in [2.05, 4.69) is 44.1 Å². The fourth-order valence-electron chi connectivity index (χ4n) is 1.94. The molecule has 0 amide bonds. The summed E-state index contributed by atoms with van der Waals surface area (Å²) in [6.07, 6.45) is 1.91. The van der Waals surface area contributed by atoms with Crippen molar-refractivity contribution in [3.8, 4) is 11.8 Å². The molecule has 0 fully saturated rings. The number of aromatic nitrogens is 1. The van der Waals surface area contributed by atoms with Crippen molar-refractivity contribution in [1.82, 2.24) is 10.3 Å². The fraction of sp³-hybridized carbons (Fsp3) is 0.438. The van der Waals surface area contributed by atoms with Crippen LogP contribution in [-0.2, 0) is 12.0 Å². The van der Waals surface area contributed by atoms with Crippen LogP contribution in [0.25, 0.3) is 0 Å². The lowest BCUT2D eigenvalue weighted by atomic mass is 9.86. The average molecular weight is 274 g/mol. The molecule has 1 heterocycles. The maximum Gasteiger partial charge on any atom is 0.399 e. The lowest BCUT2D eigenvalue weighted by Crippen LogP contribution is -2.12. The Hall–Kier alpha value is -1.81. The highest BCUT2D eigenvalue weighted by Crippen LogP contribution is 2.33. The van der Waals surface area contributed by atoms with E-state index >= 15 is 0 Å². The van der Waals surface area contributed by atoms with Crippen LogP contribution in [0.15, 0.2) is 34.9 Å². The highest BCUT2D eigenvalue weighted by atomic mass is 16.6. The van der Waals surface area contributed by atoms with Gasteiger partial charge in [-0.15, -0.1) is 0 Å². The van der Waals surface area contributed by atoms with E-state index < -0.39 is 0 Å². The molecule has 0 aliphatic heterocycles. The van der Waals surface area contributed by atoms with Gasteiger partial charge in [-0.3, -0.25) is 0 Å². The zero-order chi connectivity index (χ0) is 14.6. The Bertz CT molecular complexity index is 556. The first kappa shape index (κ1) is 14.6. The fourth-order valence-corrected chi connectivity index (χ4v) is 1.94. The number of hydrogen-bond acceptors (Lipinski definition) is 4. The molecule has 0 bridgehead atoms. The molecule has 20 heavy (non-hydrogen) atoms. The summed E-state index contributed by atoms with van der Waals surface area (Å²) < 4.78 is 11.2. The van der Waals surface area contributed by atoms with Gasteiger partial charge < -0.3 is 14.5 Å². The Kier molecular flexibility index (Phi) is 4.45. The summed E-state index contributed by atoms with van der Waals surface area (Å²) in [4.78, 5) is 4.31. The van der Waals surface area contributed by atoms with Crippen molar-refractivity contribution in [3.63, 3.8) is 0 Å². The van der Waals surface area contributed by atoms with Crippen molar-refractivity contribution in [3.05, 3.63) is 41.8 Å². The Morgan fingerprint density at radius 1 is 1.25 bits per heavy atom. The Morgan fingerprint density at radius 3 is 2.70 bits per heavy atom. The monoisotopic (exact) mass is 274 g/mol. The van der Waals surface area contributed by atoms with Crippen LogP contribution in [0.5, 0.6) is 11.8 Å². The molecule has 1 N–H and O–H groups in total. The lowest BCUT2D eigenvalue weighted by molar-refractivity contribution is 0.324. The normalized spacial score (nSPS) is 11.6. The number of hydrogen-bond donors (Lipinski definition) is 1. The van der Waals surface area contributed by atoms with Crippen LogP contribution in [0.2, 0.25) is 0 Å². The topological polar surface area (TPSA) is 47.3 Å². The second-order valence-electron chi connectivity index (χ2n) is 5.73. The summed E-state index contributed by atoms with van der Waals surface area (Å²) in [5.74, 6) is 0.789. The molecule has 2 aromatic rings. The molecule has 4 heteroatoms. The first-order valence-corrected chi connectivity index (χ1v) is 6.93. The predicted octanol–water partition coefficient (Wildman–Crippen LogP) is 3.87. The van der Waals surface area contributed by atoms with E-state index in [1.165, 1.54) is 0 Å². The number of benzene rings is 1. The van der Waals surface area contributed by atoms with Gasteiger partial charge in [0.15, 0.2) is 0 Å². The van der Waals surface area contributed by atoms with E-state index in [0.29, 0.717) is 6.54 Å². The number of rotatable bonds is 5. The molecule has 1 aromatic carbocycles. The Morgan fingerprint density at radius 2 is 2.00 bits per heavy atom. The van der Waals surface area contributed by atoms with Crippen LogP contribution in [0.3, 0.4) is 0 Å². The molecular weight excluding hydrogens is 252 g/mol. The van der Waals surface area contributed by atoms with Gasteiger partial charge in [0, 0.05) is 12.1 Å². The van der Waals surface area contributed by atoms with Gasteiger partial charge in [0.05, 0.1) is 5.69 Å². The molecule has 0 aliphatic rings. The lowest BCUT2D eigenvalue weighted by Gasteiger charge is -2.21. The standard InChI is InChI=1S/C16H22N2O2/c1-5-17-10-12-11-19-15(18-12)20-14-9-7-6-8-13(14)16(2,3)4/h6-9,11,17H,5,10H2,1-4H3. The molecule has 1 aromatic heterocycles. The minimum Gasteiger partial charge on any atom is -0.417 e. The first-order valence-electron chi connectivity index (χ1n) is 6.93. The Labute approximate surface area is 120 Å². The maximum absolute atomic E-state index is 5.79. The number of para-hydroxylation sites is 1. The third-order valence-corrected chi connectivity index (χ3v) is 2.98. The van der Waals surface area contributed by atoms with Crippen molar-refractivity contribution in [1.29, 1.82) is 0 Å². The average Bonchev–Trinajstić information content (AvgIpc) is 2.83. The van der Waals surface area contributed by atoms with Crippen LogP contribution < -0.4 is 10.1 Å². The molecule has 0 aliphatic carbocycles. The summed E-state index contributed by atoms with van der Waals surface area (Å²) in [7, 11) is 0. The SMILES string of the molecule is CCNCc1coc(Oc2ccccc2C(C)(C)C)n1. The third kappa shape index (κ3) is 3.61. The van der Waals surface area contributed by atoms with Crippen molar-refractivity contribution in [2.24, 2.45) is 0 Å². The molecule has 2 rings (SSSR count). The van der Waals surface area contributed by atoms with E-state index in [9.17, 15) is 0 Å².